The number of ether oxygens (including phenoxy) is 1. The van der Waals surface area contributed by atoms with E-state index in [2.05, 4.69) is 40.0 Å². The molecular weight excluding hydrogens is 298 g/mol. The predicted octanol–water partition coefficient (Wildman–Crippen LogP) is 2.84. The monoisotopic (exact) mass is 325 g/mol. The maximum atomic E-state index is 6.00. The number of piperazine rings is 1. The molecule has 1 aliphatic rings. The first kappa shape index (κ1) is 16.9. The molecule has 2 aromatic rings. The van der Waals surface area contributed by atoms with Gasteiger partial charge in [0.1, 0.15) is 12.4 Å². The van der Waals surface area contributed by atoms with Crippen molar-refractivity contribution in [1.82, 2.24) is 14.8 Å². The Hall–Kier alpha value is -1.91. The van der Waals surface area contributed by atoms with E-state index in [9.17, 15) is 0 Å². The Morgan fingerprint density at radius 1 is 1.00 bits per heavy atom. The average molecular weight is 325 g/mol. The Kier molecular flexibility index (Phi) is 6.21. The van der Waals surface area contributed by atoms with Crippen LogP contribution in [0, 0.1) is 0 Å². The molecule has 2 heterocycles. The molecule has 4 heteroatoms. The average Bonchev–Trinajstić information content (AvgIpc) is 2.63. The molecule has 0 N–H and O–H groups in total. The molecule has 0 radical (unpaired) electrons. The quantitative estimate of drug-likeness (QED) is 0.783. The van der Waals surface area contributed by atoms with Crippen molar-refractivity contribution >= 4 is 0 Å². The van der Waals surface area contributed by atoms with Crippen LogP contribution in [0.4, 0.5) is 0 Å². The zero-order valence-electron chi connectivity index (χ0n) is 14.5. The van der Waals surface area contributed by atoms with Gasteiger partial charge in [0.2, 0.25) is 0 Å². The molecular formula is C20H27N3O. The number of aromatic nitrogens is 1. The molecule has 0 saturated carbocycles. The van der Waals surface area contributed by atoms with Crippen LogP contribution in [-0.2, 0) is 13.0 Å². The second-order valence-electron chi connectivity index (χ2n) is 6.47. The number of para-hydroxylation sites is 1. The van der Waals surface area contributed by atoms with Crippen molar-refractivity contribution in [2.45, 2.75) is 19.4 Å². The Balaban J connectivity index is 1.48. The van der Waals surface area contributed by atoms with E-state index in [0.717, 1.165) is 17.9 Å². The summed E-state index contributed by atoms with van der Waals surface area (Å²) in [5, 5.41) is 0. The van der Waals surface area contributed by atoms with Gasteiger partial charge in [-0.15, -0.1) is 0 Å². The second-order valence-corrected chi connectivity index (χ2v) is 6.47. The molecule has 0 atom stereocenters. The molecule has 1 aliphatic heterocycles. The highest BCUT2D eigenvalue weighted by Gasteiger charge is 2.13. The van der Waals surface area contributed by atoms with Crippen LogP contribution in [0.5, 0.6) is 5.75 Å². The molecule has 1 aromatic heterocycles. The van der Waals surface area contributed by atoms with Gasteiger partial charge in [-0.25, -0.2) is 0 Å². The third-order valence-corrected chi connectivity index (χ3v) is 4.59. The van der Waals surface area contributed by atoms with E-state index in [1.54, 1.807) is 6.20 Å². The van der Waals surface area contributed by atoms with Gasteiger partial charge in [0.25, 0.3) is 0 Å². The Morgan fingerprint density at radius 2 is 1.79 bits per heavy atom. The van der Waals surface area contributed by atoms with Crippen molar-refractivity contribution in [2.75, 3.05) is 39.8 Å². The summed E-state index contributed by atoms with van der Waals surface area (Å²) in [6.45, 7) is 6.44. The standard InChI is InChI=1S/C20H27N3O/c1-22-13-15-23(16-14-22)12-6-8-18-7-2-3-10-20(18)24-17-19-9-4-5-11-21-19/h2-5,7,9-11H,6,8,12-17H2,1H3. The lowest BCUT2D eigenvalue weighted by atomic mass is 10.1. The van der Waals surface area contributed by atoms with Crippen LogP contribution in [0.1, 0.15) is 17.7 Å². The summed E-state index contributed by atoms with van der Waals surface area (Å²) < 4.78 is 6.00. The molecule has 0 amide bonds. The van der Waals surface area contributed by atoms with E-state index in [4.69, 9.17) is 4.74 Å². The zero-order chi connectivity index (χ0) is 16.6. The summed E-state index contributed by atoms with van der Waals surface area (Å²) in [5.74, 6) is 0.988. The predicted molar refractivity (Wildman–Crippen MR) is 97.3 cm³/mol. The summed E-state index contributed by atoms with van der Waals surface area (Å²) in [4.78, 5) is 9.28. The first-order chi connectivity index (χ1) is 11.8. The van der Waals surface area contributed by atoms with Crippen LogP contribution in [0.3, 0.4) is 0 Å². The molecule has 0 aliphatic carbocycles. The fourth-order valence-electron chi connectivity index (χ4n) is 3.05. The van der Waals surface area contributed by atoms with Gasteiger partial charge < -0.3 is 14.5 Å². The number of benzene rings is 1. The SMILES string of the molecule is CN1CCN(CCCc2ccccc2OCc2ccccn2)CC1. The summed E-state index contributed by atoms with van der Waals surface area (Å²) in [6.07, 6.45) is 4.04. The van der Waals surface area contributed by atoms with Crippen molar-refractivity contribution < 1.29 is 4.74 Å². The normalized spacial score (nSPS) is 16.2. The Bertz CT molecular complexity index is 609. The Morgan fingerprint density at radius 3 is 2.58 bits per heavy atom. The number of hydrogen-bond acceptors (Lipinski definition) is 4. The highest BCUT2D eigenvalue weighted by Crippen LogP contribution is 2.21. The number of rotatable bonds is 7. The van der Waals surface area contributed by atoms with Gasteiger partial charge in [0.05, 0.1) is 5.69 Å². The first-order valence-corrected chi connectivity index (χ1v) is 8.83. The van der Waals surface area contributed by atoms with E-state index in [0.29, 0.717) is 6.61 Å². The third-order valence-electron chi connectivity index (χ3n) is 4.59. The summed E-state index contributed by atoms with van der Waals surface area (Å²) in [7, 11) is 2.20. The molecule has 4 nitrogen and oxygen atoms in total. The molecule has 24 heavy (non-hydrogen) atoms. The van der Waals surface area contributed by atoms with Gasteiger partial charge in [0.15, 0.2) is 0 Å². The minimum absolute atomic E-state index is 0.524. The molecule has 0 spiro atoms. The van der Waals surface area contributed by atoms with Crippen molar-refractivity contribution in [3.8, 4) is 5.75 Å². The first-order valence-electron chi connectivity index (χ1n) is 8.83. The Labute approximate surface area is 145 Å². The molecule has 1 aromatic carbocycles. The lowest BCUT2D eigenvalue weighted by Crippen LogP contribution is -2.44. The highest BCUT2D eigenvalue weighted by molar-refractivity contribution is 5.33. The maximum Gasteiger partial charge on any atom is 0.130 e. The third kappa shape index (κ3) is 5.05. The molecule has 1 fully saturated rings. The molecule has 0 unspecified atom stereocenters. The van der Waals surface area contributed by atoms with Crippen LogP contribution in [0.25, 0.3) is 0 Å². The number of nitrogens with zero attached hydrogens (tertiary/aromatic N) is 3. The van der Waals surface area contributed by atoms with Crippen molar-refractivity contribution in [3.63, 3.8) is 0 Å². The lowest BCUT2D eigenvalue weighted by molar-refractivity contribution is 0.153. The van der Waals surface area contributed by atoms with E-state index in [1.807, 2.05) is 24.3 Å². The van der Waals surface area contributed by atoms with Gasteiger partial charge in [0, 0.05) is 32.4 Å². The van der Waals surface area contributed by atoms with Gasteiger partial charge in [-0.05, 0) is 50.2 Å². The zero-order valence-corrected chi connectivity index (χ0v) is 14.5. The van der Waals surface area contributed by atoms with Crippen LogP contribution in [0.2, 0.25) is 0 Å². The number of likely N-dealkylation sites (N-methyl/N-ethyl adjacent to an activating group) is 1. The fraction of sp³-hybridized carbons (Fsp3) is 0.450. The van der Waals surface area contributed by atoms with Crippen LogP contribution >= 0.6 is 0 Å². The van der Waals surface area contributed by atoms with Crippen LogP contribution in [-0.4, -0.2) is 54.6 Å². The number of aryl methyl sites for hydroxylation is 1. The van der Waals surface area contributed by atoms with Crippen LogP contribution < -0.4 is 4.74 Å². The molecule has 0 bridgehead atoms. The van der Waals surface area contributed by atoms with Crippen molar-refractivity contribution in [2.24, 2.45) is 0 Å². The van der Waals surface area contributed by atoms with E-state index in [-0.39, 0.29) is 0 Å². The molecule has 3 rings (SSSR count). The summed E-state index contributed by atoms with van der Waals surface area (Å²) in [5.41, 5.74) is 2.26. The highest BCUT2D eigenvalue weighted by atomic mass is 16.5. The fourth-order valence-corrected chi connectivity index (χ4v) is 3.05. The van der Waals surface area contributed by atoms with Crippen molar-refractivity contribution in [3.05, 3.63) is 59.9 Å². The van der Waals surface area contributed by atoms with E-state index >= 15 is 0 Å². The summed E-state index contributed by atoms with van der Waals surface area (Å²) in [6, 6.07) is 14.3. The minimum atomic E-state index is 0.524. The van der Waals surface area contributed by atoms with E-state index in [1.165, 1.54) is 44.7 Å². The smallest absolute Gasteiger partial charge is 0.130 e. The minimum Gasteiger partial charge on any atom is -0.487 e. The summed E-state index contributed by atoms with van der Waals surface area (Å²) >= 11 is 0. The molecule has 1 saturated heterocycles. The molecule has 128 valence electrons. The lowest BCUT2D eigenvalue weighted by Gasteiger charge is -2.32. The largest absolute Gasteiger partial charge is 0.487 e. The van der Waals surface area contributed by atoms with E-state index < -0.39 is 0 Å². The van der Waals surface area contributed by atoms with Gasteiger partial charge >= 0.3 is 0 Å². The van der Waals surface area contributed by atoms with Crippen LogP contribution in [0.15, 0.2) is 48.7 Å². The number of pyridine rings is 1. The van der Waals surface area contributed by atoms with Gasteiger partial charge in [-0.1, -0.05) is 24.3 Å². The topological polar surface area (TPSA) is 28.6 Å². The van der Waals surface area contributed by atoms with Gasteiger partial charge in [-0.3, -0.25) is 4.98 Å². The maximum absolute atomic E-state index is 6.00. The van der Waals surface area contributed by atoms with Gasteiger partial charge in [-0.2, -0.15) is 0 Å². The number of hydrogen-bond donors (Lipinski definition) is 0. The second kappa shape index (κ2) is 8.81. The van der Waals surface area contributed by atoms with Crippen molar-refractivity contribution in [1.29, 1.82) is 0 Å².